The number of nitrogens with one attached hydrogen (secondary N) is 2. The van der Waals surface area contributed by atoms with Gasteiger partial charge >= 0.3 is 0 Å². The van der Waals surface area contributed by atoms with Crippen LogP contribution in [-0.2, 0) is 9.59 Å². The van der Waals surface area contributed by atoms with Gasteiger partial charge in [0.05, 0.1) is 11.4 Å². The predicted molar refractivity (Wildman–Crippen MR) is 103 cm³/mol. The van der Waals surface area contributed by atoms with E-state index in [2.05, 4.69) is 10.6 Å². The number of amides is 2. The summed E-state index contributed by atoms with van der Waals surface area (Å²) in [4.78, 5) is 36.1. The summed E-state index contributed by atoms with van der Waals surface area (Å²) < 4.78 is 10.6. The predicted octanol–water partition coefficient (Wildman–Crippen LogP) is 3.31. The van der Waals surface area contributed by atoms with Crippen LogP contribution in [0.4, 0.5) is 11.4 Å². The highest BCUT2D eigenvalue weighted by Gasteiger charge is 2.20. The monoisotopic (exact) mass is 386 g/mol. The van der Waals surface area contributed by atoms with E-state index in [-0.39, 0.29) is 30.1 Å². The molecule has 0 aliphatic carbocycles. The molecule has 0 saturated carbocycles. The van der Waals surface area contributed by atoms with Crippen molar-refractivity contribution in [1.29, 1.82) is 0 Å². The number of hydrogen-bond acceptors (Lipinski definition) is 6. The number of hydrogen-bond donors (Lipinski definition) is 2. The molecule has 1 heterocycles. The van der Waals surface area contributed by atoms with Crippen molar-refractivity contribution < 1.29 is 23.9 Å². The third kappa shape index (κ3) is 4.79. The minimum atomic E-state index is -0.243. The molecule has 0 spiro atoms. The Morgan fingerprint density at radius 3 is 2.30 bits per heavy atom. The van der Waals surface area contributed by atoms with E-state index < -0.39 is 0 Å². The van der Waals surface area contributed by atoms with Crippen LogP contribution in [0.3, 0.4) is 0 Å². The van der Waals surface area contributed by atoms with Crippen LogP contribution in [0.5, 0.6) is 11.5 Å². The molecule has 0 fully saturated rings. The number of carbonyl (C=O) groups is 3. The molecule has 7 nitrogen and oxygen atoms in total. The fraction of sp³-hybridized carbons (Fsp3) is 0.211. The van der Waals surface area contributed by atoms with Crippen molar-refractivity contribution in [2.75, 3.05) is 23.2 Å². The average Bonchev–Trinajstić information content (AvgIpc) is 3.07. The molecule has 140 valence electrons. The van der Waals surface area contributed by atoms with Gasteiger partial charge in [0, 0.05) is 29.1 Å². The Bertz CT molecular complexity index is 896. The van der Waals surface area contributed by atoms with Crippen LogP contribution in [0.25, 0.3) is 0 Å². The van der Waals surface area contributed by atoms with Crippen LogP contribution in [0.2, 0.25) is 0 Å². The van der Waals surface area contributed by atoms with Gasteiger partial charge in [0.25, 0.3) is 0 Å². The summed E-state index contributed by atoms with van der Waals surface area (Å²) in [7, 11) is 0. The highest BCUT2D eigenvalue weighted by atomic mass is 32.2. The van der Waals surface area contributed by atoms with Gasteiger partial charge in [0.1, 0.15) is 0 Å². The molecule has 8 heteroatoms. The number of fused-ring (bicyclic) bond motifs is 1. The number of rotatable bonds is 6. The van der Waals surface area contributed by atoms with E-state index >= 15 is 0 Å². The van der Waals surface area contributed by atoms with E-state index in [4.69, 9.17) is 9.47 Å². The lowest BCUT2D eigenvalue weighted by atomic mass is 10.1. The van der Waals surface area contributed by atoms with Gasteiger partial charge in [-0.25, -0.2) is 0 Å². The lowest BCUT2D eigenvalue weighted by Crippen LogP contribution is -2.16. The maximum atomic E-state index is 12.3. The lowest BCUT2D eigenvalue weighted by molar-refractivity contribution is -0.114. The summed E-state index contributed by atoms with van der Waals surface area (Å²) in [5.74, 6) is 0.603. The minimum Gasteiger partial charge on any atom is -0.454 e. The van der Waals surface area contributed by atoms with Gasteiger partial charge in [-0.2, -0.15) is 0 Å². The molecule has 0 aromatic heterocycles. The van der Waals surface area contributed by atoms with E-state index in [0.29, 0.717) is 28.4 Å². The molecule has 2 aromatic carbocycles. The zero-order valence-corrected chi connectivity index (χ0v) is 15.6. The van der Waals surface area contributed by atoms with Gasteiger partial charge < -0.3 is 20.1 Å². The van der Waals surface area contributed by atoms with Gasteiger partial charge in [0.2, 0.25) is 18.6 Å². The van der Waals surface area contributed by atoms with Gasteiger partial charge in [-0.1, -0.05) is 0 Å². The average molecular weight is 386 g/mol. The molecule has 0 saturated heterocycles. The third-order valence-electron chi connectivity index (χ3n) is 3.71. The van der Waals surface area contributed by atoms with Crippen LogP contribution in [0.1, 0.15) is 24.2 Å². The van der Waals surface area contributed by atoms with Gasteiger partial charge in [-0.05, 0) is 37.3 Å². The Hall–Kier alpha value is -3.00. The molecule has 2 amide bonds. The zero-order chi connectivity index (χ0) is 19.4. The zero-order valence-electron chi connectivity index (χ0n) is 14.8. The number of ketones is 1. The van der Waals surface area contributed by atoms with E-state index in [0.717, 1.165) is 4.90 Å². The van der Waals surface area contributed by atoms with Crippen LogP contribution in [0, 0.1) is 0 Å². The summed E-state index contributed by atoms with van der Waals surface area (Å²) in [6, 6.07) is 10.4. The number of Topliss-reactive ketones (excluding diaryl/α,β-unsaturated/α-hetero) is 1. The van der Waals surface area contributed by atoms with E-state index in [1.54, 1.807) is 24.3 Å². The molecular weight excluding hydrogens is 368 g/mol. The van der Waals surface area contributed by atoms with Gasteiger partial charge in [-0.3, -0.25) is 14.4 Å². The Morgan fingerprint density at radius 2 is 1.67 bits per heavy atom. The molecular formula is C19H18N2O5S. The van der Waals surface area contributed by atoms with Crippen molar-refractivity contribution in [3.05, 3.63) is 42.0 Å². The first-order valence-corrected chi connectivity index (χ1v) is 9.16. The van der Waals surface area contributed by atoms with Crippen LogP contribution in [-0.4, -0.2) is 30.1 Å². The number of benzene rings is 2. The Kier molecular flexibility index (Phi) is 5.66. The Balaban J connectivity index is 1.62. The van der Waals surface area contributed by atoms with E-state index in [9.17, 15) is 14.4 Å². The van der Waals surface area contributed by atoms with Crippen molar-refractivity contribution in [2.24, 2.45) is 0 Å². The first-order valence-electron chi connectivity index (χ1n) is 8.17. The fourth-order valence-electron chi connectivity index (χ4n) is 2.51. The topological polar surface area (TPSA) is 93.7 Å². The summed E-state index contributed by atoms with van der Waals surface area (Å²) in [6.07, 6.45) is 0. The molecule has 1 aliphatic rings. The molecule has 2 aromatic rings. The maximum Gasteiger partial charge on any atom is 0.234 e. The summed E-state index contributed by atoms with van der Waals surface area (Å²) in [5.41, 5.74) is 1.47. The lowest BCUT2D eigenvalue weighted by Gasteiger charge is -2.10. The maximum absolute atomic E-state index is 12.3. The number of anilines is 2. The standard InChI is InChI=1S/C19H18N2O5S/c1-11(22)15-7-17-18(26-10-25-17)8-16(15)21-19(24)9-27-14-5-3-13(4-6-14)20-12(2)23/h3-8H,9-10H2,1-2H3,(H,20,23)(H,21,24). The normalized spacial score (nSPS) is 11.8. The number of thioether (sulfide) groups is 1. The summed E-state index contributed by atoms with van der Waals surface area (Å²) in [6.45, 7) is 2.96. The van der Waals surface area contributed by atoms with Gasteiger partial charge in [0.15, 0.2) is 17.3 Å². The second-order valence-corrected chi connectivity index (χ2v) is 6.90. The van der Waals surface area contributed by atoms with Crippen molar-refractivity contribution in [3.8, 4) is 11.5 Å². The SMILES string of the molecule is CC(=O)Nc1ccc(SCC(=O)Nc2cc3c(cc2C(C)=O)OCO3)cc1. The molecule has 0 atom stereocenters. The van der Waals surface area contributed by atoms with Gasteiger partial charge in [-0.15, -0.1) is 11.8 Å². The second-order valence-electron chi connectivity index (χ2n) is 5.85. The first kappa shape index (κ1) is 18.8. The Morgan fingerprint density at radius 1 is 1.00 bits per heavy atom. The van der Waals surface area contributed by atoms with E-state index in [1.165, 1.54) is 25.6 Å². The van der Waals surface area contributed by atoms with Crippen molar-refractivity contribution in [2.45, 2.75) is 18.7 Å². The van der Waals surface area contributed by atoms with Crippen LogP contribution in [0.15, 0.2) is 41.3 Å². The molecule has 2 N–H and O–H groups in total. The quantitative estimate of drug-likeness (QED) is 0.584. The number of ether oxygens (including phenoxy) is 2. The van der Waals surface area contributed by atoms with Crippen molar-refractivity contribution in [3.63, 3.8) is 0 Å². The first-order chi connectivity index (χ1) is 12.9. The summed E-state index contributed by atoms with van der Waals surface area (Å²) in [5, 5.41) is 5.44. The molecule has 0 bridgehead atoms. The molecule has 0 radical (unpaired) electrons. The molecule has 3 rings (SSSR count). The minimum absolute atomic E-state index is 0.0917. The smallest absolute Gasteiger partial charge is 0.234 e. The molecule has 27 heavy (non-hydrogen) atoms. The highest BCUT2D eigenvalue weighted by Crippen LogP contribution is 2.37. The van der Waals surface area contributed by atoms with E-state index in [1.807, 2.05) is 12.1 Å². The Labute approximate surface area is 160 Å². The molecule has 1 aliphatic heterocycles. The van der Waals surface area contributed by atoms with Crippen molar-refractivity contribution >= 4 is 40.7 Å². The number of carbonyl (C=O) groups excluding carboxylic acids is 3. The second kappa shape index (κ2) is 8.13. The fourth-order valence-corrected chi connectivity index (χ4v) is 3.21. The van der Waals surface area contributed by atoms with Crippen molar-refractivity contribution in [1.82, 2.24) is 0 Å². The highest BCUT2D eigenvalue weighted by molar-refractivity contribution is 8.00. The third-order valence-corrected chi connectivity index (χ3v) is 4.72. The largest absolute Gasteiger partial charge is 0.454 e. The van der Waals surface area contributed by atoms with Crippen LogP contribution < -0.4 is 20.1 Å². The summed E-state index contributed by atoms with van der Waals surface area (Å²) >= 11 is 1.35. The van der Waals surface area contributed by atoms with Crippen LogP contribution >= 0.6 is 11.8 Å². The molecule has 0 unspecified atom stereocenters.